The first-order valence-corrected chi connectivity index (χ1v) is 9.93. The van der Waals surface area contributed by atoms with Crippen LogP contribution in [-0.2, 0) is 10.3 Å². The van der Waals surface area contributed by atoms with Crippen LogP contribution < -0.4 is 0 Å². The molecule has 5 rings (SSSR count). The molecule has 0 unspecified atom stereocenters. The number of halogens is 2. The molecule has 1 aromatic carbocycles. The Morgan fingerprint density at radius 2 is 1.97 bits per heavy atom. The van der Waals surface area contributed by atoms with E-state index in [1.807, 2.05) is 6.07 Å². The molecule has 4 heterocycles. The van der Waals surface area contributed by atoms with Crippen molar-refractivity contribution in [2.45, 2.75) is 31.4 Å². The zero-order valence-corrected chi connectivity index (χ0v) is 16.2. The Labute approximate surface area is 167 Å². The largest absolute Gasteiger partial charge is 0.385 e. The second-order valence-corrected chi connectivity index (χ2v) is 8.13. The van der Waals surface area contributed by atoms with Crippen LogP contribution in [0, 0.1) is 18.6 Å². The summed E-state index contributed by atoms with van der Waals surface area (Å²) in [6.45, 7) is 4.69. The number of benzene rings is 1. The van der Waals surface area contributed by atoms with Crippen LogP contribution in [0.3, 0.4) is 0 Å². The average molecular weight is 399 g/mol. The number of nitrogens with one attached hydrogen (secondary N) is 1. The molecule has 0 radical (unpaired) electrons. The van der Waals surface area contributed by atoms with Gasteiger partial charge in [0, 0.05) is 31.0 Å². The highest BCUT2D eigenvalue weighted by atomic mass is 19.1. The number of aromatic amines is 1. The molecule has 2 saturated heterocycles. The maximum Gasteiger partial charge on any atom is 0.150 e. The lowest BCUT2D eigenvalue weighted by Crippen LogP contribution is -2.54. The van der Waals surface area contributed by atoms with E-state index in [1.54, 1.807) is 19.2 Å². The van der Waals surface area contributed by atoms with Gasteiger partial charge in [-0.05, 0) is 48.6 Å². The SMILES string of the molecule is Cc1cc(-c2ccnc3[nH]cc(F)c23)cc(F)c1C1(O)CCN(C2COC2)CC1. The Bertz CT molecular complexity index is 1050. The molecule has 2 N–H and O–H groups in total. The molecule has 2 aromatic heterocycles. The molecule has 7 heteroatoms. The molecule has 0 spiro atoms. The molecule has 0 amide bonds. The number of ether oxygens (including phenoxy) is 1. The number of fused-ring (bicyclic) bond motifs is 1. The molecule has 2 aliphatic rings. The van der Waals surface area contributed by atoms with Crippen LogP contribution in [0.25, 0.3) is 22.2 Å². The van der Waals surface area contributed by atoms with Gasteiger partial charge in [0.2, 0.25) is 0 Å². The van der Waals surface area contributed by atoms with E-state index < -0.39 is 17.2 Å². The Hall–Kier alpha value is -2.35. The molecule has 5 nitrogen and oxygen atoms in total. The first kappa shape index (κ1) is 18.7. The van der Waals surface area contributed by atoms with Crippen molar-refractivity contribution in [1.29, 1.82) is 0 Å². The van der Waals surface area contributed by atoms with Crippen LogP contribution in [0.1, 0.15) is 24.0 Å². The first-order valence-electron chi connectivity index (χ1n) is 9.93. The second kappa shape index (κ2) is 6.86. The fourth-order valence-corrected chi connectivity index (χ4v) is 4.69. The molecule has 0 aliphatic carbocycles. The Kier molecular flexibility index (Phi) is 4.42. The lowest BCUT2D eigenvalue weighted by molar-refractivity contribution is -0.102. The maximum absolute atomic E-state index is 15.3. The summed E-state index contributed by atoms with van der Waals surface area (Å²) in [5.74, 6) is -0.875. The van der Waals surface area contributed by atoms with E-state index in [9.17, 15) is 9.50 Å². The molecule has 0 saturated carbocycles. The number of aliphatic hydroxyl groups is 1. The summed E-state index contributed by atoms with van der Waals surface area (Å²) in [7, 11) is 0. The van der Waals surface area contributed by atoms with Gasteiger partial charge in [0.1, 0.15) is 11.5 Å². The molecule has 2 aliphatic heterocycles. The zero-order valence-electron chi connectivity index (χ0n) is 16.2. The predicted octanol–water partition coefficient (Wildman–Crippen LogP) is 3.50. The Morgan fingerprint density at radius 3 is 2.62 bits per heavy atom. The van der Waals surface area contributed by atoms with Crippen molar-refractivity contribution < 1.29 is 18.6 Å². The van der Waals surface area contributed by atoms with Crippen LogP contribution in [0.15, 0.2) is 30.6 Å². The molecule has 0 atom stereocenters. The minimum absolute atomic E-state index is 0.341. The van der Waals surface area contributed by atoms with E-state index in [0.717, 1.165) is 13.2 Å². The van der Waals surface area contributed by atoms with Crippen LogP contribution >= 0.6 is 0 Å². The van der Waals surface area contributed by atoms with Gasteiger partial charge < -0.3 is 14.8 Å². The van der Waals surface area contributed by atoms with Crippen LogP contribution in [-0.4, -0.2) is 52.3 Å². The van der Waals surface area contributed by atoms with Crippen molar-refractivity contribution in [2.75, 3.05) is 26.3 Å². The van der Waals surface area contributed by atoms with E-state index >= 15 is 4.39 Å². The highest BCUT2D eigenvalue weighted by molar-refractivity contribution is 5.93. The lowest BCUT2D eigenvalue weighted by Gasteiger charge is -2.45. The standard InChI is InChI=1S/C22H23F2N3O2/c1-13-8-14(16-2-5-25-21-19(16)18(24)10-26-21)9-17(23)20(13)22(28)3-6-27(7-4-22)15-11-29-12-15/h2,5,8-10,15,28H,3-4,6-7,11-12H2,1H3,(H,25,26). The molecular weight excluding hydrogens is 376 g/mol. The van der Waals surface area contributed by atoms with Gasteiger partial charge in [-0.15, -0.1) is 0 Å². The third-order valence-electron chi connectivity index (χ3n) is 6.35. The monoisotopic (exact) mass is 399 g/mol. The number of hydrogen-bond acceptors (Lipinski definition) is 4. The average Bonchev–Trinajstić information content (AvgIpc) is 3.03. The van der Waals surface area contributed by atoms with Crippen molar-refractivity contribution in [2.24, 2.45) is 0 Å². The van der Waals surface area contributed by atoms with E-state index in [-0.39, 0.29) is 0 Å². The lowest BCUT2D eigenvalue weighted by atomic mass is 9.80. The minimum atomic E-state index is -1.19. The molecule has 29 heavy (non-hydrogen) atoms. The molecule has 0 bridgehead atoms. The third-order valence-corrected chi connectivity index (χ3v) is 6.35. The number of nitrogens with zero attached hydrogens (tertiary/aromatic N) is 2. The zero-order chi connectivity index (χ0) is 20.2. The van der Waals surface area contributed by atoms with Gasteiger partial charge in [-0.3, -0.25) is 4.90 Å². The topological polar surface area (TPSA) is 61.4 Å². The number of aryl methyl sites for hydroxylation is 1. The summed E-state index contributed by atoms with van der Waals surface area (Å²) in [5, 5.41) is 11.6. The van der Waals surface area contributed by atoms with Crippen LogP contribution in [0.2, 0.25) is 0 Å². The Balaban J connectivity index is 1.49. The maximum atomic E-state index is 15.3. The fourth-order valence-electron chi connectivity index (χ4n) is 4.69. The van der Waals surface area contributed by atoms with E-state index in [2.05, 4.69) is 14.9 Å². The van der Waals surface area contributed by atoms with Crippen LogP contribution in [0.5, 0.6) is 0 Å². The quantitative estimate of drug-likeness (QED) is 0.708. The van der Waals surface area contributed by atoms with Crippen molar-refractivity contribution in [1.82, 2.24) is 14.9 Å². The van der Waals surface area contributed by atoms with E-state index in [4.69, 9.17) is 4.74 Å². The molecule has 2 fully saturated rings. The van der Waals surface area contributed by atoms with Crippen LogP contribution in [0.4, 0.5) is 8.78 Å². The van der Waals surface area contributed by atoms with Gasteiger partial charge in [-0.1, -0.05) is 6.07 Å². The summed E-state index contributed by atoms with van der Waals surface area (Å²) in [4.78, 5) is 9.22. The number of piperidine rings is 1. The number of hydrogen-bond donors (Lipinski definition) is 2. The highest BCUT2D eigenvalue weighted by Crippen LogP contribution is 2.40. The number of H-pyrrole nitrogens is 1. The predicted molar refractivity (Wildman–Crippen MR) is 105 cm³/mol. The number of likely N-dealkylation sites (tertiary alicyclic amines) is 1. The van der Waals surface area contributed by atoms with Gasteiger partial charge in [-0.25, -0.2) is 13.8 Å². The minimum Gasteiger partial charge on any atom is -0.385 e. The smallest absolute Gasteiger partial charge is 0.150 e. The second-order valence-electron chi connectivity index (χ2n) is 8.13. The van der Waals surface area contributed by atoms with Gasteiger partial charge in [0.25, 0.3) is 0 Å². The van der Waals surface area contributed by atoms with E-state index in [0.29, 0.717) is 65.3 Å². The Morgan fingerprint density at radius 1 is 1.21 bits per heavy atom. The first-order chi connectivity index (χ1) is 14.0. The van der Waals surface area contributed by atoms with Crippen molar-refractivity contribution >= 4 is 11.0 Å². The van der Waals surface area contributed by atoms with Crippen molar-refractivity contribution in [3.05, 3.63) is 53.4 Å². The van der Waals surface area contributed by atoms with Gasteiger partial charge in [0.05, 0.1) is 30.2 Å². The summed E-state index contributed by atoms with van der Waals surface area (Å²) >= 11 is 0. The summed E-state index contributed by atoms with van der Waals surface area (Å²) in [6.07, 6.45) is 3.78. The number of rotatable bonds is 3. The molecule has 152 valence electrons. The molecular formula is C22H23F2N3O2. The number of pyridine rings is 1. The molecule has 3 aromatic rings. The van der Waals surface area contributed by atoms with Crippen molar-refractivity contribution in [3.8, 4) is 11.1 Å². The summed E-state index contributed by atoms with van der Waals surface area (Å²) in [6, 6.07) is 5.32. The van der Waals surface area contributed by atoms with Gasteiger partial charge in [0.15, 0.2) is 5.82 Å². The highest BCUT2D eigenvalue weighted by Gasteiger charge is 2.40. The number of aromatic nitrogens is 2. The van der Waals surface area contributed by atoms with Crippen molar-refractivity contribution in [3.63, 3.8) is 0 Å². The van der Waals surface area contributed by atoms with Gasteiger partial charge >= 0.3 is 0 Å². The fraction of sp³-hybridized carbons (Fsp3) is 0.409. The normalized spacial score (nSPS) is 20.1. The summed E-state index contributed by atoms with van der Waals surface area (Å²) in [5.41, 5.74) is 1.40. The van der Waals surface area contributed by atoms with Gasteiger partial charge in [-0.2, -0.15) is 0 Å². The van der Waals surface area contributed by atoms with E-state index in [1.165, 1.54) is 12.3 Å². The summed E-state index contributed by atoms with van der Waals surface area (Å²) < 4.78 is 34.8. The third kappa shape index (κ3) is 3.04.